The molecule has 1 aromatic carbocycles. The molecular formula is C15H16O2. The first kappa shape index (κ1) is 11.6. The van der Waals surface area contributed by atoms with E-state index in [1.54, 1.807) is 6.07 Å². The number of hydrogen-bond acceptors (Lipinski definition) is 2. The van der Waals surface area contributed by atoms with E-state index in [2.05, 4.69) is 0 Å². The molecule has 2 rings (SSSR count). The van der Waals surface area contributed by atoms with Crippen molar-refractivity contribution in [3.63, 3.8) is 0 Å². The Balaban J connectivity index is 2.58. The molecule has 0 spiro atoms. The lowest BCUT2D eigenvalue weighted by Gasteiger charge is -2.17. The van der Waals surface area contributed by atoms with Crippen molar-refractivity contribution in [3.05, 3.63) is 58.4 Å². The Labute approximate surface area is 101 Å². The normalized spacial score (nSPS) is 11.5. The SMILES string of the molecule is CC(C)(C)c1cc(=O)cc(-c2ccccc2)o1. The summed E-state index contributed by atoms with van der Waals surface area (Å²) in [5.74, 6) is 1.34. The summed E-state index contributed by atoms with van der Waals surface area (Å²) in [6.07, 6.45) is 0. The van der Waals surface area contributed by atoms with Crippen LogP contribution in [0, 0.1) is 0 Å². The minimum absolute atomic E-state index is 0.0139. The van der Waals surface area contributed by atoms with Gasteiger partial charge in [0.25, 0.3) is 0 Å². The van der Waals surface area contributed by atoms with Gasteiger partial charge in [-0.15, -0.1) is 0 Å². The summed E-state index contributed by atoms with van der Waals surface area (Å²) in [6.45, 7) is 6.08. The maximum atomic E-state index is 11.7. The molecule has 0 aliphatic rings. The van der Waals surface area contributed by atoms with Crippen molar-refractivity contribution in [1.29, 1.82) is 0 Å². The van der Waals surface area contributed by atoms with Crippen LogP contribution in [0.1, 0.15) is 26.5 Å². The van der Waals surface area contributed by atoms with Gasteiger partial charge in [-0.2, -0.15) is 0 Å². The molecule has 2 heteroatoms. The van der Waals surface area contributed by atoms with Crippen LogP contribution in [-0.4, -0.2) is 0 Å². The first-order valence-electron chi connectivity index (χ1n) is 5.68. The van der Waals surface area contributed by atoms with Gasteiger partial charge in [-0.1, -0.05) is 51.1 Å². The highest BCUT2D eigenvalue weighted by molar-refractivity contribution is 5.56. The Morgan fingerprint density at radius 3 is 2.24 bits per heavy atom. The van der Waals surface area contributed by atoms with Gasteiger partial charge in [0, 0.05) is 23.1 Å². The fourth-order valence-corrected chi connectivity index (χ4v) is 1.59. The smallest absolute Gasteiger partial charge is 0.185 e. The van der Waals surface area contributed by atoms with E-state index in [1.807, 2.05) is 51.1 Å². The molecule has 2 aromatic rings. The average Bonchev–Trinajstić information content (AvgIpc) is 2.28. The standard InChI is InChI=1S/C15H16O2/c1-15(2,3)14-10-12(16)9-13(17-14)11-7-5-4-6-8-11/h4-10H,1-3H3. The fraction of sp³-hybridized carbons (Fsp3) is 0.267. The molecule has 0 saturated heterocycles. The summed E-state index contributed by atoms with van der Waals surface area (Å²) in [5, 5.41) is 0. The molecule has 1 heterocycles. The van der Waals surface area contributed by atoms with E-state index in [0.29, 0.717) is 11.5 Å². The molecule has 1 aromatic heterocycles. The molecule has 0 N–H and O–H groups in total. The highest BCUT2D eigenvalue weighted by Gasteiger charge is 2.18. The third-order valence-electron chi connectivity index (χ3n) is 2.56. The zero-order valence-corrected chi connectivity index (χ0v) is 10.4. The lowest BCUT2D eigenvalue weighted by Crippen LogP contribution is -2.14. The largest absolute Gasteiger partial charge is 0.460 e. The van der Waals surface area contributed by atoms with Crippen LogP contribution in [-0.2, 0) is 5.41 Å². The monoisotopic (exact) mass is 228 g/mol. The van der Waals surface area contributed by atoms with Crippen molar-refractivity contribution in [3.8, 4) is 11.3 Å². The molecule has 0 unspecified atom stereocenters. The van der Waals surface area contributed by atoms with E-state index >= 15 is 0 Å². The molecule has 0 fully saturated rings. The average molecular weight is 228 g/mol. The van der Waals surface area contributed by atoms with Crippen LogP contribution in [0.15, 0.2) is 51.7 Å². The second-order valence-electron chi connectivity index (χ2n) is 5.14. The van der Waals surface area contributed by atoms with Gasteiger partial charge >= 0.3 is 0 Å². The van der Waals surface area contributed by atoms with Crippen LogP contribution in [0.2, 0.25) is 0 Å². The van der Waals surface area contributed by atoms with Crippen molar-refractivity contribution >= 4 is 0 Å². The lowest BCUT2D eigenvalue weighted by atomic mass is 9.93. The van der Waals surface area contributed by atoms with Gasteiger partial charge in [-0.25, -0.2) is 0 Å². The quantitative estimate of drug-likeness (QED) is 0.746. The Kier molecular flexibility index (Phi) is 2.88. The van der Waals surface area contributed by atoms with E-state index < -0.39 is 0 Å². The first-order chi connectivity index (χ1) is 7.97. The Bertz CT molecular complexity index is 559. The maximum Gasteiger partial charge on any atom is 0.185 e. The van der Waals surface area contributed by atoms with Crippen LogP contribution in [0.3, 0.4) is 0 Å². The number of rotatable bonds is 1. The van der Waals surface area contributed by atoms with Gasteiger partial charge in [0.2, 0.25) is 0 Å². The summed E-state index contributed by atoms with van der Waals surface area (Å²) >= 11 is 0. The maximum absolute atomic E-state index is 11.7. The van der Waals surface area contributed by atoms with Gasteiger partial charge in [0.05, 0.1) is 0 Å². The molecule has 0 radical (unpaired) electrons. The zero-order chi connectivity index (χ0) is 12.5. The predicted molar refractivity (Wildman–Crippen MR) is 69.1 cm³/mol. The van der Waals surface area contributed by atoms with E-state index in [-0.39, 0.29) is 10.8 Å². The molecule has 0 atom stereocenters. The van der Waals surface area contributed by atoms with E-state index in [1.165, 1.54) is 6.07 Å². The van der Waals surface area contributed by atoms with Gasteiger partial charge in [-0.05, 0) is 0 Å². The summed E-state index contributed by atoms with van der Waals surface area (Å²) in [7, 11) is 0. The van der Waals surface area contributed by atoms with Gasteiger partial charge < -0.3 is 4.42 Å². The van der Waals surface area contributed by atoms with Crippen molar-refractivity contribution in [2.75, 3.05) is 0 Å². The third kappa shape index (κ3) is 2.64. The van der Waals surface area contributed by atoms with Gasteiger partial charge in [0.15, 0.2) is 5.43 Å². The lowest BCUT2D eigenvalue weighted by molar-refractivity contribution is 0.404. The van der Waals surface area contributed by atoms with E-state index in [0.717, 1.165) is 5.56 Å². The molecule has 88 valence electrons. The van der Waals surface area contributed by atoms with E-state index in [4.69, 9.17) is 4.42 Å². The predicted octanol–water partition coefficient (Wildman–Crippen LogP) is 3.60. The van der Waals surface area contributed by atoms with Crippen LogP contribution < -0.4 is 5.43 Å². The number of benzene rings is 1. The Morgan fingerprint density at radius 1 is 1.00 bits per heavy atom. The zero-order valence-electron chi connectivity index (χ0n) is 10.4. The molecule has 0 aliphatic heterocycles. The van der Waals surface area contributed by atoms with Crippen LogP contribution in [0.25, 0.3) is 11.3 Å². The minimum Gasteiger partial charge on any atom is -0.460 e. The van der Waals surface area contributed by atoms with Crippen molar-refractivity contribution in [1.82, 2.24) is 0 Å². The Hall–Kier alpha value is -1.83. The van der Waals surface area contributed by atoms with Crippen molar-refractivity contribution in [2.45, 2.75) is 26.2 Å². The van der Waals surface area contributed by atoms with Crippen LogP contribution in [0.5, 0.6) is 0 Å². The highest BCUT2D eigenvalue weighted by atomic mass is 16.3. The second kappa shape index (κ2) is 4.21. The topological polar surface area (TPSA) is 30.2 Å². The Morgan fingerprint density at radius 2 is 1.65 bits per heavy atom. The summed E-state index contributed by atoms with van der Waals surface area (Å²) in [5.41, 5.74) is 0.750. The van der Waals surface area contributed by atoms with Crippen molar-refractivity contribution < 1.29 is 4.42 Å². The highest BCUT2D eigenvalue weighted by Crippen LogP contribution is 2.25. The van der Waals surface area contributed by atoms with Gasteiger partial charge in [0.1, 0.15) is 11.5 Å². The minimum atomic E-state index is -0.163. The molecule has 0 bridgehead atoms. The molecular weight excluding hydrogens is 212 g/mol. The van der Waals surface area contributed by atoms with Gasteiger partial charge in [-0.3, -0.25) is 4.79 Å². The first-order valence-corrected chi connectivity index (χ1v) is 5.68. The molecule has 0 amide bonds. The van der Waals surface area contributed by atoms with Crippen molar-refractivity contribution in [2.24, 2.45) is 0 Å². The second-order valence-corrected chi connectivity index (χ2v) is 5.14. The summed E-state index contributed by atoms with van der Waals surface area (Å²) in [4.78, 5) is 11.7. The molecule has 0 aliphatic carbocycles. The molecule has 0 saturated carbocycles. The van der Waals surface area contributed by atoms with Crippen LogP contribution in [0.4, 0.5) is 0 Å². The summed E-state index contributed by atoms with van der Waals surface area (Å²) in [6, 6.07) is 12.8. The third-order valence-corrected chi connectivity index (χ3v) is 2.56. The van der Waals surface area contributed by atoms with Crippen LogP contribution >= 0.6 is 0 Å². The van der Waals surface area contributed by atoms with E-state index in [9.17, 15) is 4.79 Å². The molecule has 17 heavy (non-hydrogen) atoms. The summed E-state index contributed by atoms with van der Waals surface area (Å²) < 4.78 is 5.81. The fourth-order valence-electron chi connectivity index (χ4n) is 1.59. The number of hydrogen-bond donors (Lipinski definition) is 0. The molecule has 2 nitrogen and oxygen atoms in total.